The molecule has 0 saturated carbocycles. The minimum absolute atomic E-state index is 0.00194. The maximum atomic E-state index is 10.5. The Bertz CT molecular complexity index is 335. The van der Waals surface area contributed by atoms with Gasteiger partial charge in [-0.05, 0) is 0 Å². The predicted octanol–water partition coefficient (Wildman–Crippen LogP) is 1.90. The summed E-state index contributed by atoms with van der Waals surface area (Å²) in [6, 6.07) is 6.26. The molecule has 1 aromatic rings. The van der Waals surface area contributed by atoms with Crippen molar-refractivity contribution < 1.29 is 9.72 Å². The first-order valence-electron chi connectivity index (χ1n) is 3.85. The fraction of sp³-hybridized carbons (Fsp3) is 0.222. The van der Waals surface area contributed by atoms with E-state index in [1.807, 2.05) is 0 Å². The standard InChI is InChI=1S/C9H9NO3/c1-7(6-11)8-4-2-3-5-9(8)10(12)13/h2-7H,1H3. The van der Waals surface area contributed by atoms with E-state index in [2.05, 4.69) is 0 Å². The second-order valence-corrected chi connectivity index (χ2v) is 2.74. The molecule has 0 saturated heterocycles. The predicted molar refractivity (Wildman–Crippen MR) is 47.6 cm³/mol. The van der Waals surface area contributed by atoms with E-state index < -0.39 is 10.8 Å². The van der Waals surface area contributed by atoms with Crippen molar-refractivity contribution in [3.8, 4) is 0 Å². The van der Waals surface area contributed by atoms with Crippen LogP contribution >= 0.6 is 0 Å². The Hall–Kier alpha value is -1.71. The quantitative estimate of drug-likeness (QED) is 0.404. The van der Waals surface area contributed by atoms with Gasteiger partial charge in [0.25, 0.3) is 5.69 Å². The first-order chi connectivity index (χ1) is 6.16. The molecule has 1 aromatic carbocycles. The molecule has 0 N–H and O–H groups in total. The van der Waals surface area contributed by atoms with E-state index in [1.54, 1.807) is 25.1 Å². The highest BCUT2D eigenvalue weighted by Crippen LogP contribution is 2.24. The molecule has 0 aliphatic heterocycles. The number of hydrogen-bond donors (Lipinski definition) is 0. The highest BCUT2D eigenvalue weighted by molar-refractivity contribution is 5.64. The lowest BCUT2D eigenvalue weighted by Crippen LogP contribution is -2.00. The number of aldehydes is 1. The summed E-state index contributed by atoms with van der Waals surface area (Å²) < 4.78 is 0. The van der Waals surface area contributed by atoms with Gasteiger partial charge in [-0.15, -0.1) is 0 Å². The fourth-order valence-electron chi connectivity index (χ4n) is 1.11. The topological polar surface area (TPSA) is 60.2 Å². The first kappa shape index (κ1) is 9.38. The highest BCUT2D eigenvalue weighted by atomic mass is 16.6. The smallest absolute Gasteiger partial charge is 0.273 e. The van der Waals surface area contributed by atoms with Crippen LogP contribution in [-0.2, 0) is 4.79 Å². The molecule has 68 valence electrons. The Morgan fingerprint density at radius 3 is 2.62 bits per heavy atom. The van der Waals surface area contributed by atoms with Crippen LogP contribution in [0.1, 0.15) is 18.4 Å². The second kappa shape index (κ2) is 3.80. The van der Waals surface area contributed by atoms with Crippen LogP contribution < -0.4 is 0 Å². The van der Waals surface area contributed by atoms with Crippen molar-refractivity contribution in [1.29, 1.82) is 0 Å². The third-order valence-corrected chi connectivity index (χ3v) is 1.83. The molecule has 1 unspecified atom stereocenters. The summed E-state index contributed by atoms with van der Waals surface area (Å²) in [6.07, 6.45) is 0.697. The molecule has 1 rings (SSSR count). The molecule has 0 spiro atoms. The zero-order chi connectivity index (χ0) is 9.84. The summed E-state index contributed by atoms with van der Waals surface area (Å²) in [5, 5.41) is 10.5. The van der Waals surface area contributed by atoms with Gasteiger partial charge in [-0.25, -0.2) is 0 Å². The maximum absolute atomic E-state index is 10.5. The minimum atomic E-state index is -0.477. The van der Waals surface area contributed by atoms with Crippen LogP contribution in [0, 0.1) is 10.1 Å². The molecule has 1 atom stereocenters. The van der Waals surface area contributed by atoms with Crippen LogP contribution in [0.15, 0.2) is 24.3 Å². The lowest BCUT2D eigenvalue weighted by molar-refractivity contribution is -0.385. The number of benzene rings is 1. The molecule has 0 heterocycles. The van der Waals surface area contributed by atoms with Crippen molar-refractivity contribution in [2.24, 2.45) is 0 Å². The van der Waals surface area contributed by atoms with Gasteiger partial charge in [0.15, 0.2) is 0 Å². The molecule has 0 fully saturated rings. The lowest BCUT2D eigenvalue weighted by atomic mass is 10.0. The Kier molecular flexibility index (Phi) is 2.74. The van der Waals surface area contributed by atoms with Crippen molar-refractivity contribution in [3.63, 3.8) is 0 Å². The van der Waals surface area contributed by atoms with Gasteiger partial charge in [0.05, 0.1) is 4.92 Å². The van der Waals surface area contributed by atoms with E-state index in [1.165, 1.54) is 6.07 Å². The summed E-state index contributed by atoms with van der Waals surface area (Å²) in [7, 11) is 0. The highest BCUT2D eigenvalue weighted by Gasteiger charge is 2.16. The fourth-order valence-corrected chi connectivity index (χ4v) is 1.11. The van der Waals surface area contributed by atoms with Gasteiger partial charge in [-0.1, -0.05) is 25.1 Å². The molecule has 0 aromatic heterocycles. The number of nitrogens with zero attached hydrogens (tertiary/aromatic N) is 1. The second-order valence-electron chi connectivity index (χ2n) is 2.74. The van der Waals surface area contributed by atoms with Gasteiger partial charge in [0, 0.05) is 17.5 Å². The molecule has 0 aliphatic carbocycles. The number of para-hydroxylation sites is 1. The van der Waals surface area contributed by atoms with Gasteiger partial charge < -0.3 is 4.79 Å². The SMILES string of the molecule is CC(C=O)c1ccccc1[N+](=O)[O-]. The normalized spacial score (nSPS) is 12.1. The molecule has 0 amide bonds. The summed E-state index contributed by atoms with van der Waals surface area (Å²) in [4.78, 5) is 20.5. The summed E-state index contributed by atoms with van der Waals surface area (Å²) in [5.74, 6) is -0.429. The van der Waals surface area contributed by atoms with Crippen molar-refractivity contribution in [2.75, 3.05) is 0 Å². The van der Waals surface area contributed by atoms with Gasteiger partial charge in [0.1, 0.15) is 6.29 Å². The van der Waals surface area contributed by atoms with Crippen LogP contribution in [0.5, 0.6) is 0 Å². The Morgan fingerprint density at radius 1 is 1.46 bits per heavy atom. The van der Waals surface area contributed by atoms with Crippen LogP contribution in [0.3, 0.4) is 0 Å². The number of nitro groups is 1. The average molecular weight is 179 g/mol. The van der Waals surface area contributed by atoms with E-state index in [0.29, 0.717) is 11.8 Å². The van der Waals surface area contributed by atoms with Crippen molar-refractivity contribution in [3.05, 3.63) is 39.9 Å². The summed E-state index contributed by atoms with van der Waals surface area (Å²) in [6.45, 7) is 1.63. The number of rotatable bonds is 3. The van der Waals surface area contributed by atoms with Gasteiger partial charge in [0.2, 0.25) is 0 Å². The number of hydrogen-bond acceptors (Lipinski definition) is 3. The molecule has 0 aliphatic rings. The van der Waals surface area contributed by atoms with E-state index in [4.69, 9.17) is 0 Å². The van der Waals surface area contributed by atoms with Crippen LogP contribution in [0.25, 0.3) is 0 Å². The molecule has 0 radical (unpaired) electrons. The van der Waals surface area contributed by atoms with Crippen LogP contribution in [0.2, 0.25) is 0 Å². The van der Waals surface area contributed by atoms with Crippen LogP contribution in [0.4, 0.5) is 5.69 Å². The number of carbonyl (C=O) groups is 1. The third kappa shape index (κ3) is 1.90. The monoisotopic (exact) mass is 179 g/mol. The van der Waals surface area contributed by atoms with E-state index >= 15 is 0 Å². The Morgan fingerprint density at radius 2 is 2.08 bits per heavy atom. The zero-order valence-electron chi connectivity index (χ0n) is 7.14. The van der Waals surface area contributed by atoms with Gasteiger partial charge >= 0.3 is 0 Å². The maximum Gasteiger partial charge on any atom is 0.273 e. The van der Waals surface area contributed by atoms with E-state index in [9.17, 15) is 14.9 Å². The van der Waals surface area contributed by atoms with Crippen molar-refractivity contribution >= 4 is 12.0 Å². The molecule has 4 nitrogen and oxygen atoms in total. The van der Waals surface area contributed by atoms with Gasteiger partial charge in [-0.2, -0.15) is 0 Å². The van der Waals surface area contributed by atoms with Crippen LogP contribution in [-0.4, -0.2) is 11.2 Å². The zero-order valence-corrected chi connectivity index (χ0v) is 7.14. The van der Waals surface area contributed by atoms with E-state index in [0.717, 1.165) is 0 Å². The molecular weight excluding hydrogens is 170 g/mol. The average Bonchev–Trinajstić information content (AvgIpc) is 2.16. The Labute approximate surface area is 75.3 Å². The summed E-state index contributed by atoms with van der Waals surface area (Å²) in [5.41, 5.74) is 0.463. The molecule has 0 bridgehead atoms. The lowest BCUT2D eigenvalue weighted by Gasteiger charge is -2.03. The Balaban J connectivity index is 3.19. The van der Waals surface area contributed by atoms with Crippen molar-refractivity contribution in [1.82, 2.24) is 0 Å². The number of carbonyl (C=O) groups excluding carboxylic acids is 1. The molecule has 13 heavy (non-hydrogen) atoms. The molecule has 4 heteroatoms. The largest absolute Gasteiger partial charge is 0.303 e. The van der Waals surface area contributed by atoms with Gasteiger partial charge in [-0.3, -0.25) is 10.1 Å². The number of nitro benzene ring substituents is 1. The first-order valence-corrected chi connectivity index (χ1v) is 3.85. The van der Waals surface area contributed by atoms with E-state index in [-0.39, 0.29) is 5.69 Å². The third-order valence-electron chi connectivity index (χ3n) is 1.83. The molecular formula is C9H9NO3. The van der Waals surface area contributed by atoms with Crippen molar-refractivity contribution in [2.45, 2.75) is 12.8 Å². The minimum Gasteiger partial charge on any atom is -0.303 e. The summed E-state index contributed by atoms with van der Waals surface area (Å²) >= 11 is 0.